The molecule has 0 spiro atoms. The van der Waals surface area contributed by atoms with Gasteiger partial charge in [-0.25, -0.2) is 0 Å². The summed E-state index contributed by atoms with van der Waals surface area (Å²) in [6.45, 7) is 6.04. The van der Waals surface area contributed by atoms with Gasteiger partial charge in [0.2, 0.25) is 5.91 Å². The van der Waals surface area contributed by atoms with Gasteiger partial charge in [-0.15, -0.1) is 6.58 Å². The van der Waals surface area contributed by atoms with Crippen molar-refractivity contribution in [2.45, 2.75) is 31.7 Å². The Morgan fingerprint density at radius 1 is 1.77 bits per heavy atom. The zero-order valence-corrected chi connectivity index (χ0v) is 8.18. The van der Waals surface area contributed by atoms with Gasteiger partial charge >= 0.3 is 0 Å². The van der Waals surface area contributed by atoms with Gasteiger partial charge in [-0.3, -0.25) is 4.79 Å². The zero-order valence-electron chi connectivity index (χ0n) is 8.18. The first-order valence-electron chi connectivity index (χ1n) is 4.77. The predicted octanol–water partition coefficient (Wildman–Crippen LogP) is 0.806. The second kappa shape index (κ2) is 3.92. The summed E-state index contributed by atoms with van der Waals surface area (Å²) in [6, 6.07) is 0. The minimum Gasteiger partial charge on any atom is -0.354 e. The van der Waals surface area contributed by atoms with Crippen molar-refractivity contribution in [3.8, 4) is 0 Å². The topological polar surface area (TPSA) is 55.1 Å². The van der Waals surface area contributed by atoms with Crippen LogP contribution in [0, 0.1) is 5.92 Å². The van der Waals surface area contributed by atoms with E-state index in [1.807, 2.05) is 6.92 Å². The molecule has 3 N–H and O–H groups in total. The van der Waals surface area contributed by atoms with Crippen molar-refractivity contribution in [3.63, 3.8) is 0 Å². The first kappa shape index (κ1) is 10.3. The van der Waals surface area contributed by atoms with Crippen LogP contribution < -0.4 is 11.1 Å². The summed E-state index contributed by atoms with van der Waals surface area (Å²) >= 11 is 0. The van der Waals surface area contributed by atoms with Gasteiger partial charge in [0.15, 0.2) is 0 Å². The van der Waals surface area contributed by atoms with Gasteiger partial charge in [-0.1, -0.05) is 6.08 Å². The Bertz CT molecular complexity index is 207. The molecule has 13 heavy (non-hydrogen) atoms. The van der Waals surface area contributed by atoms with Gasteiger partial charge in [-0.05, 0) is 32.1 Å². The number of nitrogens with two attached hydrogens (primary N) is 1. The van der Waals surface area contributed by atoms with Gasteiger partial charge in [0.25, 0.3) is 0 Å². The molecule has 3 nitrogen and oxygen atoms in total. The van der Waals surface area contributed by atoms with E-state index in [9.17, 15) is 4.79 Å². The highest BCUT2D eigenvalue weighted by atomic mass is 16.2. The Labute approximate surface area is 79.4 Å². The lowest BCUT2D eigenvalue weighted by molar-refractivity contribution is -0.126. The molecule has 74 valence electrons. The third-order valence-electron chi connectivity index (χ3n) is 2.55. The fourth-order valence-electron chi connectivity index (χ4n) is 1.35. The van der Waals surface area contributed by atoms with E-state index >= 15 is 0 Å². The van der Waals surface area contributed by atoms with Crippen LogP contribution in [0.4, 0.5) is 0 Å². The van der Waals surface area contributed by atoms with Crippen molar-refractivity contribution in [2.75, 3.05) is 6.54 Å². The van der Waals surface area contributed by atoms with Gasteiger partial charge in [0, 0.05) is 6.54 Å². The van der Waals surface area contributed by atoms with Crippen molar-refractivity contribution in [3.05, 3.63) is 12.7 Å². The van der Waals surface area contributed by atoms with E-state index in [-0.39, 0.29) is 5.91 Å². The average molecular weight is 182 g/mol. The summed E-state index contributed by atoms with van der Waals surface area (Å²) in [5.41, 5.74) is 5.24. The molecule has 0 saturated heterocycles. The maximum absolute atomic E-state index is 11.6. The summed E-state index contributed by atoms with van der Waals surface area (Å²) in [5.74, 6) is 0.355. The minimum absolute atomic E-state index is 0.0307. The number of carbonyl (C=O) groups is 1. The summed E-state index contributed by atoms with van der Waals surface area (Å²) in [6.07, 6.45) is 4.75. The Balaban J connectivity index is 2.32. The van der Waals surface area contributed by atoms with Gasteiger partial charge in [-0.2, -0.15) is 0 Å². The standard InChI is InChI=1S/C10H18N2O/c1-3-4-7-12-9(13)10(2,11)8-5-6-8/h3,8H,1,4-7,11H2,2H3,(H,12,13). The normalized spacial score (nSPS) is 20.5. The van der Waals surface area contributed by atoms with E-state index in [2.05, 4.69) is 11.9 Å². The first-order valence-corrected chi connectivity index (χ1v) is 4.77. The number of amides is 1. The van der Waals surface area contributed by atoms with E-state index in [4.69, 9.17) is 5.73 Å². The third kappa shape index (κ3) is 2.56. The van der Waals surface area contributed by atoms with Crippen LogP contribution in [-0.4, -0.2) is 18.0 Å². The first-order chi connectivity index (χ1) is 6.09. The molecule has 0 heterocycles. The lowest BCUT2D eigenvalue weighted by Crippen LogP contribution is -2.53. The number of nitrogens with one attached hydrogen (secondary N) is 1. The van der Waals surface area contributed by atoms with Gasteiger partial charge in [0.1, 0.15) is 0 Å². The lowest BCUT2D eigenvalue weighted by Gasteiger charge is -2.22. The SMILES string of the molecule is C=CCCNC(=O)C(C)(N)C1CC1. The fraction of sp³-hybridized carbons (Fsp3) is 0.700. The average Bonchev–Trinajstić information content (AvgIpc) is 2.86. The molecule has 0 radical (unpaired) electrons. The Kier molecular flexibility index (Phi) is 3.09. The molecule has 1 rings (SSSR count). The van der Waals surface area contributed by atoms with Crippen molar-refractivity contribution >= 4 is 5.91 Å². The van der Waals surface area contributed by atoms with Crippen LogP contribution in [0.2, 0.25) is 0 Å². The predicted molar refractivity (Wildman–Crippen MR) is 53.1 cm³/mol. The Morgan fingerprint density at radius 3 is 2.85 bits per heavy atom. The molecule has 1 aliphatic carbocycles. The molecule has 0 aromatic rings. The quantitative estimate of drug-likeness (QED) is 0.488. The van der Waals surface area contributed by atoms with Crippen molar-refractivity contribution in [1.29, 1.82) is 0 Å². The van der Waals surface area contributed by atoms with E-state index in [0.29, 0.717) is 12.5 Å². The van der Waals surface area contributed by atoms with Gasteiger partial charge < -0.3 is 11.1 Å². The second-order valence-electron chi connectivity index (χ2n) is 3.89. The summed E-state index contributed by atoms with van der Waals surface area (Å²) in [4.78, 5) is 11.6. The number of hydrogen-bond acceptors (Lipinski definition) is 2. The maximum Gasteiger partial charge on any atom is 0.240 e. The summed E-state index contributed by atoms with van der Waals surface area (Å²) in [5, 5.41) is 2.81. The molecule has 0 aromatic carbocycles. The molecule has 1 saturated carbocycles. The van der Waals surface area contributed by atoms with Crippen molar-refractivity contribution < 1.29 is 4.79 Å². The van der Waals surface area contributed by atoms with E-state index in [0.717, 1.165) is 19.3 Å². The largest absolute Gasteiger partial charge is 0.354 e. The second-order valence-corrected chi connectivity index (χ2v) is 3.89. The fourth-order valence-corrected chi connectivity index (χ4v) is 1.35. The zero-order chi connectivity index (χ0) is 9.90. The van der Waals surface area contributed by atoms with Crippen molar-refractivity contribution in [1.82, 2.24) is 5.32 Å². The molecule has 0 bridgehead atoms. The molecule has 1 aliphatic rings. The molecule has 1 amide bonds. The van der Waals surface area contributed by atoms with E-state index in [1.165, 1.54) is 0 Å². The minimum atomic E-state index is -0.666. The molecule has 1 fully saturated rings. The van der Waals surface area contributed by atoms with Crippen molar-refractivity contribution in [2.24, 2.45) is 11.7 Å². The summed E-state index contributed by atoms with van der Waals surface area (Å²) < 4.78 is 0. The molecular formula is C10H18N2O. The molecule has 3 heteroatoms. The van der Waals surface area contributed by atoms with Crippen LogP contribution in [-0.2, 0) is 4.79 Å². The number of carbonyl (C=O) groups excluding carboxylic acids is 1. The maximum atomic E-state index is 11.6. The molecule has 0 aliphatic heterocycles. The molecule has 0 aromatic heterocycles. The molecule has 1 unspecified atom stereocenters. The Morgan fingerprint density at radius 2 is 2.38 bits per heavy atom. The highest BCUT2D eigenvalue weighted by Gasteiger charge is 2.43. The number of hydrogen-bond donors (Lipinski definition) is 2. The van der Waals surface area contributed by atoms with Crippen LogP contribution in [0.25, 0.3) is 0 Å². The van der Waals surface area contributed by atoms with Crippen LogP contribution in [0.15, 0.2) is 12.7 Å². The highest BCUT2D eigenvalue weighted by molar-refractivity contribution is 5.86. The summed E-state index contributed by atoms with van der Waals surface area (Å²) in [7, 11) is 0. The monoisotopic (exact) mass is 182 g/mol. The molecular weight excluding hydrogens is 164 g/mol. The number of rotatable bonds is 5. The Hall–Kier alpha value is -0.830. The van der Waals surface area contributed by atoms with Gasteiger partial charge in [0.05, 0.1) is 5.54 Å². The van der Waals surface area contributed by atoms with E-state index < -0.39 is 5.54 Å². The van der Waals surface area contributed by atoms with Crippen LogP contribution in [0.3, 0.4) is 0 Å². The molecule has 1 atom stereocenters. The lowest BCUT2D eigenvalue weighted by atomic mass is 9.96. The van der Waals surface area contributed by atoms with E-state index in [1.54, 1.807) is 6.08 Å². The van der Waals surface area contributed by atoms with Crippen LogP contribution in [0.1, 0.15) is 26.2 Å². The van der Waals surface area contributed by atoms with Crippen LogP contribution in [0.5, 0.6) is 0 Å². The van der Waals surface area contributed by atoms with Crippen LogP contribution >= 0.6 is 0 Å². The smallest absolute Gasteiger partial charge is 0.240 e. The highest BCUT2D eigenvalue weighted by Crippen LogP contribution is 2.37. The third-order valence-corrected chi connectivity index (χ3v) is 2.55.